The molecule has 29 heavy (non-hydrogen) atoms. The molecule has 0 spiro atoms. The van der Waals surface area contributed by atoms with Gasteiger partial charge < -0.3 is 10.6 Å². The van der Waals surface area contributed by atoms with Gasteiger partial charge in [-0.2, -0.15) is 0 Å². The number of hydrogen-bond donors (Lipinski definition) is 4. The number of anilines is 2. The fraction of sp³-hybridized carbons (Fsp3) is 0.227. The number of aryl methyl sites for hydroxylation is 2. The molecule has 0 fully saturated rings. The van der Waals surface area contributed by atoms with E-state index in [4.69, 9.17) is 5.41 Å². The van der Waals surface area contributed by atoms with Crippen LogP contribution in [0.3, 0.4) is 0 Å². The lowest BCUT2D eigenvalue weighted by Gasteiger charge is -2.06. The Morgan fingerprint density at radius 2 is 1.66 bits per heavy atom. The van der Waals surface area contributed by atoms with Crippen molar-refractivity contribution in [1.82, 2.24) is 4.98 Å². The molecular weight excluding hydrogens is 400 g/mol. The molecule has 0 radical (unpaired) electrons. The Bertz CT molecular complexity index is 995. The topological polar surface area (TPSA) is 77.9 Å². The maximum atomic E-state index is 11.4. The maximum Gasteiger partial charge on any atom is 0.223 e. The van der Waals surface area contributed by atoms with E-state index in [9.17, 15) is 4.79 Å². The Morgan fingerprint density at radius 1 is 1.00 bits per heavy atom. The highest BCUT2D eigenvalue weighted by molar-refractivity contribution is 7.80. The van der Waals surface area contributed by atoms with Crippen molar-refractivity contribution < 1.29 is 4.79 Å². The van der Waals surface area contributed by atoms with E-state index < -0.39 is 0 Å². The average Bonchev–Trinajstić information content (AvgIpc) is 3.03. The fourth-order valence-electron chi connectivity index (χ4n) is 2.95. The molecule has 0 saturated heterocycles. The first-order valence-corrected chi connectivity index (χ1v) is 10.6. The Kier molecular flexibility index (Phi) is 7.06. The van der Waals surface area contributed by atoms with Crippen LogP contribution in [0.5, 0.6) is 0 Å². The van der Waals surface area contributed by atoms with Crippen LogP contribution in [0, 0.1) is 5.41 Å². The van der Waals surface area contributed by atoms with Crippen LogP contribution in [0.4, 0.5) is 10.8 Å². The van der Waals surface area contributed by atoms with Gasteiger partial charge in [-0.05, 0) is 55.2 Å². The van der Waals surface area contributed by atoms with Gasteiger partial charge >= 0.3 is 0 Å². The molecule has 0 aliphatic carbocycles. The summed E-state index contributed by atoms with van der Waals surface area (Å²) >= 11 is 5.88. The summed E-state index contributed by atoms with van der Waals surface area (Å²) in [4.78, 5) is 18.2. The lowest BCUT2D eigenvalue weighted by atomic mass is 10.0. The average molecular weight is 425 g/mol. The molecule has 1 aromatic heterocycles. The number of carbonyl (C=O) groups is 1. The van der Waals surface area contributed by atoms with Crippen LogP contribution >= 0.6 is 24.0 Å². The summed E-state index contributed by atoms with van der Waals surface area (Å²) < 4.78 is 0. The van der Waals surface area contributed by atoms with Gasteiger partial charge in [0.15, 0.2) is 5.13 Å². The van der Waals surface area contributed by atoms with Gasteiger partial charge in [0, 0.05) is 28.8 Å². The SMILES string of the molecule is CC(=N)Nc1ccc(CCc2nc(NC(C)=O)sc2Cc2ccc(S)cc2)cc1. The highest BCUT2D eigenvalue weighted by Crippen LogP contribution is 2.27. The normalized spacial score (nSPS) is 10.6. The quantitative estimate of drug-likeness (QED) is 0.240. The van der Waals surface area contributed by atoms with Crippen LogP contribution in [0.2, 0.25) is 0 Å². The lowest BCUT2D eigenvalue weighted by Crippen LogP contribution is -2.05. The number of rotatable bonds is 7. The lowest BCUT2D eigenvalue weighted by molar-refractivity contribution is -0.114. The number of benzene rings is 2. The number of thiol groups is 1. The van der Waals surface area contributed by atoms with Crippen molar-refractivity contribution in [1.29, 1.82) is 5.41 Å². The van der Waals surface area contributed by atoms with Crippen molar-refractivity contribution in [3.05, 3.63) is 70.2 Å². The van der Waals surface area contributed by atoms with Gasteiger partial charge in [0.1, 0.15) is 0 Å². The molecule has 3 N–H and O–H groups in total. The van der Waals surface area contributed by atoms with E-state index >= 15 is 0 Å². The maximum absolute atomic E-state index is 11.4. The fourth-order valence-corrected chi connectivity index (χ4v) is 4.19. The van der Waals surface area contributed by atoms with E-state index in [-0.39, 0.29) is 5.91 Å². The van der Waals surface area contributed by atoms with Gasteiger partial charge in [-0.15, -0.1) is 24.0 Å². The molecule has 5 nitrogen and oxygen atoms in total. The molecule has 0 aliphatic rings. The molecule has 150 valence electrons. The molecule has 7 heteroatoms. The molecule has 3 rings (SSSR count). The second-order valence-corrected chi connectivity index (χ2v) is 8.46. The van der Waals surface area contributed by atoms with Gasteiger partial charge in [-0.25, -0.2) is 4.98 Å². The molecule has 0 saturated carbocycles. The third kappa shape index (κ3) is 6.44. The molecule has 0 unspecified atom stereocenters. The zero-order valence-electron chi connectivity index (χ0n) is 16.5. The van der Waals surface area contributed by atoms with Crippen molar-refractivity contribution in [3.63, 3.8) is 0 Å². The van der Waals surface area contributed by atoms with E-state index in [0.717, 1.165) is 35.5 Å². The summed E-state index contributed by atoms with van der Waals surface area (Å²) in [6, 6.07) is 16.2. The molecular formula is C22H24N4OS2. The molecule has 0 atom stereocenters. The number of nitrogens with zero attached hydrogens (tertiary/aromatic N) is 1. The standard InChI is InChI=1S/C22H24N4OS2/c1-14(23)24-18-8-3-16(4-9-18)7-12-20-21(29-22(26-20)25-15(2)27)13-17-5-10-19(28)11-6-17/h3-6,8-11,28H,7,12-13H2,1-2H3,(H2,23,24)(H,25,26,27). The first-order valence-electron chi connectivity index (χ1n) is 9.34. The third-order valence-corrected chi connectivity index (χ3v) is 5.61. The molecule has 1 amide bonds. The van der Waals surface area contributed by atoms with Crippen LogP contribution in [0.1, 0.15) is 35.5 Å². The second kappa shape index (κ2) is 9.71. The molecule has 0 aliphatic heterocycles. The first kappa shape index (κ1) is 21.1. The molecule has 1 heterocycles. The minimum absolute atomic E-state index is 0.110. The summed E-state index contributed by atoms with van der Waals surface area (Å²) in [7, 11) is 0. The van der Waals surface area contributed by atoms with E-state index in [1.54, 1.807) is 6.92 Å². The number of hydrogen-bond acceptors (Lipinski definition) is 5. The van der Waals surface area contributed by atoms with E-state index in [0.29, 0.717) is 11.0 Å². The van der Waals surface area contributed by atoms with Crippen LogP contribution in [-0.2, 0) is 24.1 Å². The molecule has 0 bridgehead atoms. The summed E-state index contributed by atoms with van der Waals surface area (Å²) in [5.74, 6) is 0.308. The van der Waals surface area contributed by atoms with Crippen molar-refractivity contribution in [3.8, 4) is 0 Å². The highest BCUT2D eigenvalue weighted by atomic mass is 32.1. The summed E-state index contributed by atoms with van der Waals surface area (Å²) in [6.45, 7) is 3.21. The van der Waals surface area contributed by atoms with Gasteiger partial charge in [0.2, 0.25) is 5.91 Å². The van der Waals surface area contributed by atoms with Crippen LogP contribution in [-0.4, -0.2) is 16.7 Å². The molecule has 3 aromatic rings. The van der Waals surface area contributed by atoms with Crippen molar-refractivity contribution in [2.24, 2.45) is 0 Å². The van der Waals surface area contributed by atoms with Crippen molar-refractivity contribution in [2.45, 2.75) is 38.0 Å². The van der Waals surface area contributed by atoms with E-state index in [1.807, 2.05) is 24.3 Å². The van der Waals surface area contributed by atoms with E-state index in [1.165, 1.54) is 34.3 Å². The third-order valence-electron chi connectivity index (χ3n) is 4.30. The minimum Gasteiger partial charge on any atom is -0.344 e. The summed E-state index contributed by atoms with van der Waals surface area (Å²) in [6.07, 6.45) is 2.43. The van der Waals surface area contributed by atoms with Gasteiger partial charge in [-0.3, -0.25) is 10.2 Å². The number of amides is 1. The number of nitrogens with one attached hydrogen (secondary N) is 3. The zero-order chi connectivity index (χ0) is 20.8. The Morgan fingerprint density at radius 3 is 2.28 bits per heavy atom. The number of aromatic nitrogens is 1. The predicted molar refractivity (Wildman–Crippen MR) is 124 cm³/mol. The summed E-state index contributed by atoms with van der Waals surface area (Å²) in [5, 5.41) is 14.0. The number of thiazole rings is 1. The predicted octanol–water partition coefficient (Wildman–Crippen LogP) is 5.18. The van der Waals surface area contributed by atoms with Crippen LogP contribution < -0.4 is 10.6 Å². The monoisotopic (exact) mass is 424 g/mol. The van der Waals surface area contributed by atoms with Gasteiger partial charge in [0.05, 0.1) is 11.5 Å². The smallest absolute Gasteiger partial charge is 0.223 e. The van der Waals surface area contributed by atoms with Crippen LogP contribution in [0.25, 0.3) is 0 Å². The highest BCUT2D eigenvalue weighted by Gasteiger charge is 2.13. The summed E-state index contributed by atoms with van der Waals surface area (Å²) in [5.41, 5.74) is 4.33. The Balaban J connectivity index is 1.74. The number of carbonyl (C=O) groups excluding carboxylic acids is 1. The first-order chi connectivity index (χ1) is 13.9. The zero-order valence-corrected chi connectivity index (χ0v) is 18.2. The Labute approximate surface area is 180 Å². The number of amidine groups is 1. The van der Waals surface area contributed by atoms with Crippen molar-refractivity contribution >= 4 is 46.5 Å². The van der Waals surface area contributed by atoms with Crippen molar-refractivity contribution in [2.75, 3.05) is 10.6 Å². The van der Waals surface area contributed by atoms with Gasteiger partial charge in [-0.1, -0.05) is 24.3 Å². The Hall–Kier alpha value is -2.64. The minimum atomic E-state index is -0.110. The van der Waals surface area contributed by atoms with E-state index in [2.05, 4.69) is 52.5 Å². The van der Waals surface area contributed by atoms with Gasteiger partial charge in [0.25, 0.3) is 0 Å². The van der Waals surface area contributed by atoms with Crippen LogP contribution in [0.15, 0.2) is 53.4 Å². The second-order valence-electron chi connectivity index (χ2n) is 6.86. The largest absolute Gasteiger partial charge is 0.344 e. The molecule has 2 aromatic carbocycles.